The molecule has 3 aliphatic rings. The van der Waals surface area contributed by atoms with Gasteiger partial charge in [-0.1, -0.05) is 53.9 Å². The van der Waals surface area contributed by atoms with Crippen molar-refractivity contribution in [3.05, 3.63) is 93.5 Å². The molecule has 0 bridgehead atoms. The average molecular weight is 777 g/mol. The van der Waals surface area contributed by atoms with Crippen LogP contribution in [0.1, 0.15) is 55.0 Å². The Bertz CT molecular complexity index is 1960. The standard InChI is InChI=1S/C36H43Cl2N5O6S2/c1-3-49-32-16-15-30(51(47,48)42-17-5-4-6-18-42)25-31(32)35-39-33(26-7-11-28(37)12-8-26)34(27-9-13-29(38)14-10-27)43(35)36(44)41-21-19-40(20-22-41)23-24-50(2,45)46/h7-16,25,33-34H,3-6,17-24H2,1-2H3/t33-,34+/m0/s1. The van der Waals surface area contributed by atoms with Crippen LogP contribution in [0.4, 0.5) is 4.79 Å². The van der Waals surface area contributed by atoms with Gasteiger partial charge in [0.2, 0.25) is 10.0 Å². The minimum atomic E-state index is -3.84. The smallest absolute Gasteiger partial charge is 0.326 e. The first-order valence-corrected chi connectivity index (χ1v) is 21.5. The fourth-order valence-corrected chi connectivity index (χ4v) is 9.23. The molecule has 0 saturated carbocycles. The van der Waals surface area contributed by atoms with Crippen LogP contribution in [0.5, 0.6) is 5.75 Å². The van der Waals surface area contributed by atoms with Gasteiger partial charge < -0.3 is 9.64 Å². The number of sulfonamides is 1. The normalized spacial score (nSPS) is 20.7. The summed E-state index contributed by atoms with van der Waals surface area (Å²) in [5.41, 5.74) is 1.99. The predicted octanol–water partition coefficient (Wildman–Crippen LogP) is 5.89. The molecule has 3 aliphatic heterocycles. The summed E-state index contributed by atoms with van der Waals surface area (Å²) in [6.45, 7) is 5.18. The van der Waals surface area contributed by atoms with Gasteiger partial charge in [0.15, 0.2) is 0 Å². The van der Waals surface area contributed by atoms with E-state index >= 15 is 0 Å². The van der Waals surface area contributed by atoms with E-state index in [1.54, 1.807) is 52.3 Å². The van der Waals surface area contributed by atoms with Gasteiger partial charge in [-0.25, -0.2) is 21.6 Å². The molecule has 3 heterocycles. The Morgan fingerprint density at radius 2 is 1.43 bits per heavy atom. The SMILES string of the molecule is CCOc1ccc(S(=O)(=O)N2CCCCC2)cc1C1=N[C@@H](c2ccc(Cl)cc2)[C@@H](c2ccc(Cl)cc2)N1C(=O)N1CCN(CCS(C)(=O)=O)CC1. The van der Waals surface area contributed by atoms with E-state index in [1.165, 1.54) is 10.6 Å². The average Bonchev–Trinajstić information content (AvgIpc) is 3.52. The van der Waals surface area contributed by atoms with Gasteiger partial charge >= 0.3 is 6.03 Å². The minimum Gasteiger partial charge on any atom is -0.493 e. The number of hydrogen-bond donors (Lipinski definition) is 0. The number of ether oxygens (including phenoxy) is 1. The number of piperidine rings is 1. The van der Waals surface area contributed by atoms with E-state index in [0.29, 0.717) is 79.6 Å². The highest BCUT2D eigenvalue weighted by atomic mass is 35.5. The number of aliphatic imine (C=N–C) groups is 1. The zero-order chi connectivity index (χ0) is 36.3. The first kappa shape index (κ1) is 37.6. The van der Waals surface area contributed by atoms with Gasteiger partial charge in [0.1, 0.15) is 27.5 Å². The van der Waals surface area contributed by atoms with Crippen LogP contribution in [-0.4, -0.2) is 112 Å². The third-order valence-corrected chi connectivity index (χ3v) is 12.9. The highest BCUT2D eigenvalue weighted by molar-refractivity contribution is 7.90. The van der Waals surface area contributed by atoms with Crippen LogP contribution in [-0.2, 0) is 19.9 Å². The fraction of sp³-hybridized carbons (Fsp3) is 0.444. The number of carbonyl (C=O) groups excluding carboxylic acids is 1. The molecule has 0 radical (unpaired) electrons. The molecule has 2 saturated heterocycles. The monoisotopic (exact) mass is 775 g/mol. The summed E-state index contributed by atoms with van der Waals surface area (Å²) < 4.78 is 59.2. The van der Waals surface area contributed by atoms with Crippen molar-refractivity contribution in [2.75, 3.05) is 64.4 Å². The molecular formula is C36H43Cl2N5O6S2. The van der Waals surface area contributed by atoms with E-state index in [9.17, 15) is 21.6 Å². The molecule has 6 rings (SSSR count). The van der Waals surface area contributed by atoms with Gasteiger partial charge in [0.25, 0.3) is 0 Å². The maximum Gasteiger partial charge on any atom is 0.326 e. The zero-order valence-electron chi connectivity index (χ0n) is 28.7. The third-order valence-electron chi connectivity index (χ3n) is 9.56. The van der Waals surface area contributed by atoms with Crippen LogP contribution in [0.2, 0.25) is 10.0 Å². The van der Waals surface area contributed by atoms with Crippen molar-refractivity contribution >= 4 is 54.9 Å². The lowest BCUT2D eigenvalue weighted by Gasteiger charge is -2.39. The Balaban J connectivity index is 1.46. The molecular weight excluding hydrogens is 733 g/mol. The van der Waals surface area contributed by atoms with Crippen molar-refractivity contribution in [3.63, 3.8) is 0 Å². The molecule has 0 aromatic heterocycles. The lowest BCUT2D eigenvalue weighted by atomic mass is 9.93. The van der Waals surface area contributed by atoms with Crippen LogP contribution in [0, 0.1) is 0 Å². The Labute approximate surface area is 310 Å². The zero-order valence-corrected chi connectivity index (χ0v) is 31.9. The Kier molecular flexibility index (Phi) is 11.6. The molecule has 2 amide bonds. The largest absolute Gasteiger partial charge is 0.493 e. The molecule has 3 aromatic rings. The molecule has 51 heavy (non-hydrogen) atoms. The number of sulfone groups is 1. The topological polar surface area (TPSA) is 120 Å². The van der Waals surface area contributed by atoms with Gasteiger partial charge in [0.05, 0.1) is 28.9 Å². The molecule has 0 N–H and O–H groups in total. The summed E-state index contributed by atoms with van der Waals surface area (Å²) in [5, 5.41) is 1.10. The highest BCUT2D eigenvalue weighted by Crippen LogP contribution is 2.46. The second kappa shape index (κ2) is 15.8. The van der Waals surface area contributed by atoms with E-state index < -0.39 is 31.9 Å². The van der Waals surface area contributed by atoms with Crippen LogP contribution >= 0.6 is 23.2 Å². The fourth-order valence-electron chi connectivity index (χ4n) is 6.84. The number of piperazine rings is 1. The van der Waals surface area contributed by atoms with Crippen molar-refractivity contribution in [1.82, 2.24) is 19.0 Å². The highest BCUT2D eigenvalue weighted by Gasteiger charge is 2.45. The van der Waals surface area contributed by atoms with E-state index in [0.717, 1.165) is 30.4 Å². The van der Waals surface area contributed by atoms with Crippen molar-refractivity contribution < 1.29 is 26.4 Å². The first-order valence-electron chi connectivity index (χ1n) is 17.2. The van der Waals surface area contributed by atoms with Gasteiger partial charge in [0, 0.05) is 62.1 Å². The second-order valence-corrected chi connectivity index (χ2v) is 18.2. The lowest BCUT2D eigenvalue weighted by molar-refractivity contribution is 0.122. The van der Waals surface area contributed by atoms with E-state index in [4.69, 9.17) is 32.9 Å². The van der Waals surface area contributed by atoms with E-state index in [1.807, 2.05) is 36.1 Å². The summed E-state index contributed by atoms with van der Waals surface area (Å²) in [6.07, 6.45) is 3.80. The van der Waals surface area contributed by atoms with Crippen molar-refractivity contribution in [2.24, 2.45) is 4.99 Å². The maximum absolute atomic E-state index is 14.9. The third kappa shape index (κ3) is 8.55. The summed E-state index contributed by atoms with van der Waals surface area (Å²) in [4.78, 5) is 25.7. The Morgan fingerprint density at radius 3 is 2.02 bits per heavy atom. The first-order chi connectivity index (χ1) is 24.4. The van der Waals surface area contributed by atoms with Crippen LogP contribution in [0.15, 0.2) is 76.6 Å². The molecule has 2 atom stereocenters. The Hall–Kier alpha value is -3.20. The number of nitrogens with zero attached hydrogens (tertiary/aromatic N) is 5. The maximum atomic E-state index is 14.9. The molecule has 15 heteroatoms. The van der Waals surface area contributed by atoms with Crippen molar-refractivity contribution in [2.45, 2.75) is 43.2 Å². The molecule has 0 aliphatic carbocycles. The van der Waals surface area contributed by atoms with E-state index in [-0.39, 0.29) is 16.7 Å². The quantitative estimate of drug-likeness (QED) is 0.252. The van der Waals surface area contributed by atoms with Gasteiger partial charge in [-0.05, 0) is 73.4 Å². The molecule has 0 unspecified atom stereocenters. The molecule has 0 spiro atoms. The summed E-state index contributed by atoms with van der Waals surface area (Å²) in [6, 6.07) is 17.9. The number of hydrogen-bond acceptors (Lipinski definition) is 8. The van der Waals surface area contributed by atoms with Crippen molar-refractivity contribution in [1.29, 1.82) is 0 Å². The number of rotatable bonds is 10. The molecule has 3 aromatic carbocycles. The summed E-state index contributed by atoms with van der Waals surface area (Å²) in [5.74, 6) is 0.740. The molecule has 274 valence electrons. The summed E-state index contributed by atoms with van der Waals surface area (Å²) in [7, 11) is -6.97. The van der Waals surface area contributed by atoms with Crippen LogP contribution < -0.4 is 4.74 Å². The van der Waals surface area contributed by atoms with Gasteiger partial charge in [-0.15, -0.1) is 0 Å². The minimum absolute atomic E-state index is 0.0438. The van der Waals surface area contributed by atoms with Gasteiger partial charge in [-0.2, -0.15) is 4.31 Å². The second-order valence-electron chi connectivity index (χ2n) is 13.1. The Morgan fingerprint density at radius 1 is 0.824 bits per heavy atom. The summed E-state index contributed by atoms with van der Waals surface area (Å²) >= 11 is 12.6. The number of benzene rings is 3. The number of carbonyl (C=O) groups is 1. The van der Waals surface area contributed by atoms with Crippen LogP contribution in [0.3, 0.4) is 0 Å². The van der Waals surface area contributed by atoms with E-state index in [2.05, 4.69) is 0 Å². The number of halogens is 2. The number of amidine groups is 1. The predicted molar refractivity (Wildman–Crippen MR) is 200 cm³/mol. The molecule has 11 nitrogen and oxygen atoms in total. The lowest BCUT2D eigenvalue weighted by Crippen LogP contribution is -2.54. The number of urea groups is 1. The molecule has 2 fully saturated rings. The van der Waals surface area contributed by atoms with Gasteiger partial charge in [-0.3, -0.25) is 14.8 Å². The number of amides is 2. The van der Waals surface area contributed by atoms with Crippen LogP contribution in [0.25, 0.3) is 0 Å². The van der Waals surface area contributed by atoms with Crippen molar-refractivity contribution in [3.8, 4) is 5.75 Å².